The maximum absolute atomic E-state index is 15.2. The summed E-state index contributed by atoms with van der Waals surface area (Å²) >= 11 is 0. The number of carbonyl (C=O) groups excluding carboxylic acids is 4. The number of amides is 4. The number of sulfonamides is 1. The molecule has 72 heavy (non-hydrogen) atoms. The van der Waals surface area contributed by atoms with Crippen LogP contribution in [0.25, 0.3) is 22.3 Å². The standard InChI is InChI=1S/C54H69N11O6S/c1-34(2)64-33-56-45-31-44(58-50(49(45)64)57-38-8-9-38)36-6-11-43-46(28-36)65(40-29-39(30-40)60-20-4-3-5-21-60)53(69)54(43)18-26-63(27-19-54)72(70,71)41-16-24-62(25-17-41)52(68)35-14-22-61(23-15-35)47-12-7-37(32-55-47)42-10-13-48(66)59-51(42)67/h6-7,11-12,28,31-35,38-42H,3-5,8-10,13-27,29-30H2,1-2H3,(H,57,58)(H,59,66,67)/t39?,40?,42-/m1/s1. The lowest BCUT2D eigenvalue weighted by molar-refractivity contribution is -0.137. The fourth-order valence-corrected chi connectivity index (χ4v) is 15.1. The molecule has 1 aromatic carbocycles. The number of piperidine rings is 5. The van der Waals surface area contributed by atoms with Crippen LogP contribution < -0.4 is 20.4 Å². The van der Waals surface area contributed by atoms with Gasteiger partial charge in [-0.2, -0.15) is 0 Å². The highest BCUT2D eigenvalue weighted by Crippen LogP contribution is 2.53. The van der Waals surface area contributed by atoms with E-state index >= 15 is 4.79 Å². The molecule has 2 aliphatic carbocycles. The van der Waals surface area contributed by atoms with Crippen molar-refractivity contribution in [1.82, 2.24) is 38.9 Å². The molecule has 9 heterocycles. The van der Waals surface area contributed by atoms with Crippen LogP contribution in [0.3, 0.4) is 0 Å². The predicted octanol–water partition coefficient (Wildman–Crippen LogP) is 6.10. The van der Waals surface area contributed by atoms with Crippen molar-refractivity contribution in [3.63, 3.8) is 0 Å². The second-order valence-electron chi connectivity index (χ2n) is 22.4. The van der Waals surface area contributed by atoms with E-state index in [4.69, 9.17) is 9.97 Å². The van der Waals surface area contributed by atoms with Crippen LogP contribution in [-0.2, 0) is 34.6 Å². The molecule has 3 aromatic heterocycles. The monoisotopic (exact) mass is 1000 g/mol. The lowest BCUT2D eigenvalue weighted by Crippen LogP contribution is -2.58. The third-order valence-corrected chi connectivity index (χ3v) is 20.2. The van der Waals surface area contributed by atoms with Crippen molar-refractivity contribution in [2.24, 2.45) is 5.92 Å². The van der Waals surface area contributed by atoms with Gasteiger partial charge in [-0.05, 0) is 140 Å². The maximum atomic E-state index is 15.2. The van der Waals surface area contributed by atoms with Gasteiger partial charge in [-0.1, -0.05) is 24.6 Å². The Morgan fingerprint density at radius 2 is 1.57 bits per heavy atom. The molecule has 4 aromatic rings. The molecular weight excluding hydrogens is 931 g/mol. The maximum Gasteiger partial charge on any atom is 0.238 e. The largest absolute Gasteiger partial charge is 0.366 e. The average molecular weight is 1000 g/mol. The van der Waals surface area contributed by atoms with Crippen molar-refractivity contribution in [2.75, 3.05) is 67.5 Å². The minimum absolute atomic E-state index is 0.0900. The number of imidazole rings is 1. The van der Waals surface area contributed by atoms with E-state index in [0.29, 0.717) is 89.6 Å². The number of likely N-dealkylation sites (tertiary alicyclic amines) is 2. The molecule has 5 saturated heterocycles. The van der Waals surface area contributed by atoms with E-state index in [9.17, 15) is 22.8 Å². The van der Waals surface area contributed by atoms with Crippen molar-refractivity contribution in [3.05, 3.63) is 60.0 Å². The fraction of sp³-hybridized carbons (Fsp3) is 0.611. The molecule has 1 atom stereocenters. The van der Waals surface area contributed by atoms with Crippen LogP contribution >= 0.6 is 0 Å². The SMILES string of the molecule is CC(C)n1cnc2cc(-c3ccc4c(c3)N(C3CC(N5CCCCC5)C3)C(=O)C43CCN(S(=O)(=O)C4CCN(C(=O)C5CCN(c6ccc([C@H]7CCC(=O)NC7=O)cn6)CC5)CC4)CC3)nc(NC3CC3)c21. The van der Waals surface area contributed by atoms with Gasteiger partial charge in [-0.3, -0.25) is 24.5 Å². The van der Waals surface area contributed by atoms with E-state index in [1.807, 2.05) is 23.4 Å². The number of anilines is 3. The number of aromatic nitrogens is 4. The van der Waals surface area contributed by atoms with Crippen molar-refractivity contribution in [1.29, 1.82) is 0 Å². The summed E-state index contributed by atoms with van der Waals surface area (Å²) in [6.07, 6.45) is 15.3. The zero-order chi connectivity index (χ0) is 49.5. The molecule has 1 spiro atoms. The Balaban J connectivity index is 0.707. The summed E-state index contributed by atoms with van der Waals surface area (Å²) in [6.45, 7) is 9.29. The van der Waals surface area contributed by atoms with Gasteiger partial charge in [0.25, 0.3) is 0 Å². The first-order valence-electron chi connectivity index (χ1n) is 27.0. The van der Waals surface area contributed by atoms with E-state index in [2.05, 4.69) is 73.0 Å². The van der Waals surface area contributed by atoms with Crippen molar-refractivity contribution in [2.45, 2.75) is 151 Å². The molecule has 7 fully saturated rings. The molecule has 6 aliphatic heterocycles. The lowest BCUT2D eigenvalue weighted by Gasteiger charge is -2.48. The molecule has 2 N–H and O–H groups in total. The quantitative estimate of drug-likeness (QED) is 0.165. The number of hydrogen-bond donors (Lipinski definition) is 2. The first kappa shape index (κ1) is 47.5. The second-order valence-corrected chi connectivity index (χ2v) is 24.6. The summed E-state index contributed by atoms with van der Waals surface area (Å²) in [6, 6.07) is 13.5. The molecule has 8 aliphatic rings. The number of imide groups is 1. The molecule has 2 saturated carbocycles. The van der Waals surface area contributed by atoms with E-state index in [1.165, 1.54) is 19.3 Å². The summed E-state index contributed by atoms with van der Waals surface area (Å²) in [7, 11) is -3.68. The van der Waals surface area contributed by atoms with Crippen molar-refractivity contribution < 1.29 is 27.6 Å². The molecule has 18 heteroatoms. The molecule has 4 amide bonds. The average Bonchev–Trinajstić information content (AvgIpc) is 4.05. The molecule has 17 nitrogen and oxygen atoms in total. The molecular formula is C54H69N11O6S. The Morgan fingerprint density at radius 1 is 0.819 bits per heavy atom. The molecule has 382 valence electrons. The predicted molar refractivity (Wildman–Crippen MR) is 275 cm³/mol. The zero-order valence-electron chi connectivity index (χ0n) is 41.8. The van der Waals surface area contributed by atoms with E-state index in [1.54, 1.807) is 10.5 Å². The summed E-state index contributed by atoms with van der Waals surface area (Å²) in [4.78, 5) is 76.5. The highest BCUT2D eigenvalue weighted by Gasteiger charge is 2.57. The molecule has 0 radical (unpaired) electrons. The first-order valence-corrected chi connectivity index (χ1v) is 28.5. The number of fused-ring (bicyclic) bond motifs is 3. The van der Waals surface area contributed by atoms with Gasteiger partial charge in [0.2, 0.25) is 33.7 Å². The zero-order valence-corrected chi connectivity index (χ0v) is 42.6. The van der Waals surface area contributed by atoms with E-state index < -0.39 is 20.7 Å². The van der Waals surface area contributed by atoms with Gasteiger partial charge >= 0.3 is 0 Å². The van der Waals surface area contributed by atoms with E-state index in [0.717, 1.165) is 89.5 Å². The first-order chi connectivity index (χ1) is 34.8. The Bertz CT molecular complexity index is 2870. The third-order valence-electron chi connectivity index (χ3n) is 17.8. The number of carbonyl (C=O) groups is 4. The van der Waals surface area contributed by atoms with Crippen LogP contribution in [0.4, 0.5) is 17.3 Å². The van der Waals surface area contributed by atoms with Crippen LogP contribution in [0.1, 0.15) is 133 Å². The summed E-state index contributed by atoms with van der Waals surface area (Å²) in [5.74, 6) is 0.815. The highest BCUT2D eigenvalue weighted by atomic mass is 32.2. The van der Waals surface area contributed by atoms with Crippen LogP contribution in [0, 0.1) is 5.92 Å². The number of benzene rings is 1. The second kappa shape index (κ2) is 18.8. The Morgan fingerprint density at radius 3 is 2.25 bits per heavy atom. The van der Waals surface area contributed by atoms with Gasteiger partial charge in [0.05, 0.1) is 34.1 Å². The van der Waals surface area contributed by atoms with Crippen LogP contribution in [0.15, 0.2) is 48.9 Å². The number of nitrogens with one attached hydrogen (secondary N) is 2. The highest BCUT2D eigenvalue weighted by molar-refractivity contribution is 7.89. The van der Waals surface area contributed by atoms with E-state index in [-0.39, 0.29) is 60.6 Å². The number of pyridine rings is 2. The van der Waals surface area contributed by atoms with Gasteiger partial charge in [-0.15, -0.1) is 0 Å². The van der Waals surface area contributed by atoms with Crippen molar-refractivity contribution in [3.8, 4) is 11.3 Å². The third kappa shape index (κ3) is 8.55. The minimum atomic E-state index is -3.68. The molecule has 0 bridgehead atoms. The normalized spacial score (nSPS) is 25.8. The summed E-state index contributed by atoms with van der Waals surface area (Å²) in [5, 5.41) is 5.53. The van der Waals surface area contributed by atoms with Gasteiger partial charge in [0.15, 0.2) is 5.82 Å². The fourth-order valence-electron chi connectivity index (χ4n) is 13.2. The van der Waals surface area contributed by atoms with Gasteiger partial charge in [0, 0.05) is 93.2 Å². The topological polar surface area (TPSA) is 186 Å². The minimum Gasteiger partial charge on any atom is -0.366 e. The summed E-state index contributed by atoms with van der Waals surface area (Å²) < 4.78 is 32.8. The number of rotatable bonds is 11. The Kier molecular flexibility index (Phi) is 12.4. The number of nitrogens with zero attached hydrogens (tertiary/aromatic N) is 9. The lowest BCUT2D eigenvalue weighted by atomic mass is 9.73. The van der Waals surface area contributed by atoms with Crippen LogP contribution in [-0.4, -0.2) is 141 Å². The smallest absolute Gasteiger partial charge is 0.238 e. The van der Waals surface area contributed by atoms with Gasteiger partial charge < -0.3 is 29.5 Å². The van der Waals surface area contributed by atoms with Gasteiger partial charge in [-0.25, -0.2) is 27.7 Å². The summed E-state index contributed by atoms with van der Waals surface area (Å²) in [5.41, 5.74) is 5.60. The number of hydrogen-bond acceptors (Lipinski definition) is 12. The Labute approximate surface area is 422 Å². The van der Waals surface area contributed by atoms with Crippen LogP contribution in [0.2, 0.25) is 0 Å². The van der Waals surface area contributed by atoms with Gasteiger partial charge in [0.1, 0.15) is 11.3 Å². The molecule has 12 rings (SSSR count). The van der Waals surface area contributed by atoms with Crippen molar-refractivity contribution >= 4 is 62.0 Å². The van der Waals surface area contributed by atoms with Crippen LogP contribution in [0.5, 0.6) is 0 Å². The molecule has 0 unspecified atom stereocenters. The Hall–Kier alpha value is -5.46.